The zero-order valence-corrected chi connectivity index (χ0v) is 14.3. The highest BCUT2D eigenvalue weighted by Crippen LogP contribution is 2.20. The lowest BCUT2D eigenvalue weighted by Crippen LogP contribution is -2.24. The highest BCUT2D eigenvalue weighted by Gasteiger charge is 2.13. The van der Waals surface area contributed by atoms with Crippen LogP contribution in [0.25, 0.3) is 11.3 Å². The number of benzene rings is 2. The second kappa shape index (κ2) is 8.48. The van der Waals surface area contributed by atoms with Crippen molar-refractivity contribution in [2.75, 3.05) is 12.3 Å². The van der Waals surface area contributed by atoms with Gasteiger partial charge in [-0.3, -0.25) is 4.79 Å². The average molecular weight is 356 g/mol. The van der Waals surface area contributed by atoms with Crippen LogP contribution in [0.5, 0.6) is 0 Å². The molecule has 3 rings (SSSR count). The lowest BCUT2D eigenvalue weighted by atomic mass is 10.1. The monoisotopic (exact) mass is 356 g/mol. The zero-order valence-electron chi connectivity index (χ0n) is 13.4. The molecule has 0 atom stereocenters. The molecule has 1 N–H and O–H groups in total. The SMILES string of the molecule is O=C(NCCCSc1ccccc1)c1cc(-c2cccc(F)c2)no1. The average Bonchev–Trinajstić information content (AvgIpc) is 3.12. The van der Waals surface area contributed by atoms with Gasteiger partial charge < -0.3 is 9.84 Å². The van der Waals surface area contributed by atoms with E-state index < -0.39 is 0 Å². The molecule has 0 bridgehead atoms. The van der Waals surface area contributed by atoms with Crippen LogP contribution in [0.1, 0.15) is 17.0 Å². The molecule has 1 aromatic heterocycles. The summed E-state index contributed by atoms with van der Waals surface area (Å²) in [4.78, 5) is 13.3. The molecule has 0 saturated heterocycles. The van der Waals surface area contributed by atoms with E-state index in [0.717, 1.165) is 12.2 Å². The summed E-state index contributed by atoms with van der Waals surface area (Å²) in [6.07, 6.45) is 0.843. The normalized spacial score (nSPS) is 10.6. The fraction of sp³-hybridized carbons (Fsp3) is 0.158. The Morgan fingerprint density at radius 2 is 1.96 bits per heavy atom. The number of halogens is 1. The van der Waals surface area contributed by atoms with E-state index in [9.17, 15) is 9.18 Å². The van der Waals surface area contributed by atoms with E-state index in [1.54, 1.807) is 23.9 Å². The predicted molar refractivity (Wildman–Crippen MR) is 96.0 cm³/mol. The van der Waals surface area contributed by atoms with Gasteiger partial charge in [-0.2, -0.15) is 0 Å². The van der Waals surface area contributed by atoms with Gasteiger partial charge in [0.1, 0.15) is 11.5 Å². The summed E-state index contributed by atoms with van der Waals surface area (Å²) in [5.74, 6) is 0.354. The molecule has 1 amide bonds. The molecule has 0 spiro atoms. The van der Waals surface area contributed by atoms with Crippen LogP contribution in [0.4, 0.5) is 4.39 Å². The predicted octanol–water partition coefficient (Wildman–Crippen LogP) is 4.39. The Morgan fingerprint density at radius 3 is 2.76 bits per heavy atom. The smallest absolute Gasteiger partial charge is 0.289 e. The largest absolute Gasteiger partial charge is 0.350 e. The highest BCUT2D eigenvalue weighted by molar-refractivity contribution is 7.99. The summed E-state index contributed by atoms with van der Waals surface area (Å²) in [6.45, 7) is 0.550. The van der Waals surface area contributed by atoms with Gasteiger partial charge in [-0.05, 0) is 36.4 Å². The number of rotatable bonds is 7. The van der Waals surface area contributed by atoms with Crippen molar-refractivity contribution in [1.82, 2.24) is 10.5 Å². The fourth-order valence-corrected chi connectivity index (χ4v) is 3.11. The Hall–Kier alpha value is -2.60. The molecule has 128 valence electrons. The summed E-state index contributed by atoms with van der Waals surface area (Å²) >= 11 is 1.75. The molecule has 0 aliphatic heterocycles. The maximum Gasteiger partial charge on any atom is 0.289 e. The van der Waals surface area contributed by atoms with Crippen LogP contribution in [0.15, 0.2) is 70.1 Å². The number of amides is 1. The molecule has 0 saturated carbocycles. The highest BCUT2D eigenvalue weighted by atomic mass is 32.2. The van der Waals surface area contributed by atoms with Gasteiger partial charge in [-0.1, -0.05) is 35.5 Å². The second-order valence-electron chi connectivity index (χ2n) is 5.36. The summed E-state index contributed by atoms with van der Waals surface area (Å²) in [6, 6.07) is 17.6. The number of hydrogen-bond acceptors (Lipinski definition) is 4. The molecule has 2 aromatic carbocycles. The van der Waals surface area contributed by atoms with Gasteiger partial charge in [0.25, 0.3) is 5.91 Å². The number of carbonyl (C=O) groups is 1. The first-order valence-electron chi connectivity index (χ1n) is 7.91. The summed E-state index contributed by atoms with van der Waals surface area (Å²) < 4.78 is 18.3. The van der Waals surface area contributed by atoms with E-state index in [1.807, 2.05) is 18.2 Å². The second-order valence-corrected chi connectivity index (χ2v) is 6.53. The number of nitrogens with one attached hydrogen (secondary N) is 1. The minimum atomic E-state index is -0.359. The van der Waals surface area contributed by atoms with Crippen molar-refractivity contribution in [3.05, 3.63) is 72.2 Å². The summed E-state index contributed by atoms with van der Waals surface area (Å²) in [7, 11) is 0. The Labute approximate surface area is 149 Å². The Morgan fingerprint density at radius 1 is 1.12 bits per heavy atom. The van der Waals surface area contributed by atoms with Crippen LogP contribution in [0, 0.1) is 5.82 Å². The van der Waals surface area contributed by atoms with Gasteiger partial charge in [0.2, 0.25) is 5.76 Å². The minimum absolute atomic E-state index is 0.120. The van der Waals surface area contributed by atoms with E-state index in [4.69, 9.17) is 4.52 Å². The lowest BCUT2D eigenvalue weighted by molar-refractivity contribution is 0.0917. The van der Waals surface area contributed by atoms with E-state index in [-0.39, 0.29) is 17.5 Å². The van der Waals surface area contributed by atoms with Crippen molar-refractivity contribution >= 4 is 17.7 Å². The molecule has 0 aliphatic carbocycles. The molecular weight excluding hydrogens is 339 g/mol. The van der Waals surface area contributed by atoms with Crippen molar-refractivity contribution in [3.63, 3.8) is 0 Å². The third kappa shape index (κ3) is 4.93. The molecule has 1 heterocycles. The summed E-state index contributed by atoms with van der Waals surface area (Å²) in [5, 5.41) is 6.63. The van der Waals surface area contributed by atoms with E-state index in [2.05, 4.69) is 22.6 Å². The van der Waals surface area contributed by atoms with Crippen LogP contribution in [0.3, 0.4) is 0 Å². The summed E-state index contributed by atoms with van der Waals surface area (Å²) in [5.41, 5.74) is 1.01. The minimum Gasteiger partial charge on any atom is -0.350 e. The van der Waals surface area contributed by atoms with Gasteiger partial charge >= 0.3 is 0 Å². The van der Waals surface area contributed by atoms with Gasteiger partial charge in [0, 0.05) is 23.1 Å². The van der Waals surface area contributed by atoms with Crippen molar-refractivity contribution < 1.29 is 13.7 Å². The molecule has 25 heavy (non-hydrogen) atoms. The zero-order chi connectivity index (χ0) is 17.5. The van der Waals surface area contributed by atoms with Crippen molar-refractivity contribution in [2.45, 2.75) is 11.3 Å². The molecule has 0 aliphatic rings. The van der Waals surface area contributed by atoms with Gasteiger partial charge in [0.05, 0.1) is 0 Å². The van der Waals surface area contributed by atoms with Gasteiger partial charge in [-0.25, -0.2) is 4.39 Å². The van der Waals surface area contributed by atoms with Crippen LogP contribution in [-0.2, 0) is 0 Å². The van der Waals surface area contributed by atoms with Crippen LogP contribution >= 0.6 is 11.8 Å². The van der Waals surface area contributed by atoms with E-state index in [1.165, 1.54) is 23.1 Å². The maximum atomic E-state index is 13.2. The number of thioether (sulfide) groups is 1. The number of carbonyl (C=O) groups excluding carboxylic acids is 1. The third-order valence-electron chi connectivity index (χ3n) is 3.47. The van der Waals surface area contributed by atoms with Gasteiger partial charge in [-0.15, -0.1) is 11.8 Å². The van der Waals surface area contributed by atoms with Crippen molar-refractivity contribution in [1.29, 1.82) is 0 Å². The Kier molecular flexibility index (Phi) is 5.85. The number of nitrogens with zero attached hydrogens (tertiary/aromatic N) is 1. The molecule has 4 nitrogen and oxygen atoms in total. The molecule has 0 unspecified atom stereocenters. The third-order valence-corrected chi connectivity index (χ3v) is 4.57. The molecular formula is C19H17FN2O2S. The fourth-order valence-electron chi connectivity index (χ4n) is 2.23. The number of aromatic nitrogens is 1. The molecule has 0 fully saturated rings. The Bertz CT molecular complexity index is 836. The molecule has 0 radical (unpaired) electrons. The van der Waals surface area contributed by atoms with Crippen LogP contribution in [-0.4, -0.2) is 23.4 Å². The molecule has 6 heteroatoms. The maximum absolute atomic E-state index is 13.2. The number of hydrogen-bond donors (Lipinski definition) is 1. The van der Waals surface area contributed by atoms with E-state index in [0.29, 0.717) is 17.8 Å². The van der Waals surface area contributed by atoms with E-state index >= 15 is 0 Å². The molecule has 3 aromatic rings. The first-order chi connectivity index (χ1) is 12.2. The van der Waals surface area contributed by atoms with Crippen molar-refractivity contribution in [2.24, 2.45) is 0 Å². The van der Waals surface area contributed by atoms with Crippen molar-refractivity contribution in [3.8, 4) is 11.3 Å². The standard InChI is InChI=1S/C19H17FN2O2S/c20-15-7-4-6-14(12-15)17-13-18(24-22-17)19(23)21-10-5-11-25-16-8-2-1-3-9-16/h1-4,6-9,12-13H,5,10-11H2,(H,21,23). The quantitative estimate of drug-likeness (QED) is 0.504. The van der Waals surface area contributed by atoms with Crippen LogP contribution < -0.4 is 5.32 Å². The van der Waals surface area contributed by atoms with Gasteiger partial charge in [0.15, 0.2) is 0 Å². The Balaban J connectivity index is 1.46. The first-order valence-corrected chi connectivity index (χ1v) is 8.89. The van der Waals surface area contributed by atoms with Crippen LogP contribution in [0.2, 0.25) is 0 Å². The lowest BCUT2D eigenvalue weighted by Gasteiger charge is -2.03. The first kappa shape index (κ1) is 17.2. The topological polar surface area (TPSA) is 55.1 Å².